The minimum Gasteiger partial charge on any atom is -0.466 e. The Morgan fingerprint density at radius 1 is 1.17 bits per heavy atom. The number of aryl methyl sites for hydroxylation is 2. The number of carbonyl (C=O) groups is 1. The molecule has 3 heterocycles. The molecule has 2 aliphatic heterocycles. The Hall–Kier alpha value is -1.33. The first-order valence-electron chi connectivity index (χ1n) is 9.34. The van der Waals surface area contributed by atoms with E-state index in [4.69, 9.17) is 9.15 Å². The zero-order chi connectivity index (χ0) is 16.7. The van der Waals surface area contributed by atoms with E-state index in [9.17, 15) is 4.79 Å². The lowest BCUT2D eigenvalue weighted by Gasteiger charge is -2.40. The predicted octanol–water partition coefficient (Wildman–Crippen LogP) is 2.61. The summed E-state index contributed by atoms with van der Waals surface area (Å²) in [5, 5.41) is 0. The van der Waals surface area contributed by atoms with Gasteiger partial charge in [0.05, 0.1) is 18.3 Å². The number of hydrogen-bond donors (Lipinski definition) is 0. The van der Waals surface area contributed by atoms with Crippen molar-refractivity contribution in [3.63, 3.8) is 0 Å². The van der Waals surface area contributed by atoms with Gasteiger partial charge < -0.3 is 14.1 Å². The number of hydrogen-bond acceptors (Lipinski definition) is 4. The molecule has 2 saturated heterocycles. The van der Waals surface area contributed by atoms with E-state index in [1.54, 1.807) is 0 Å². The van der Waals surface area contributed by atoms with Crippen LogP contribution in [0.25, 0.3) is 0 Å². The maximum atomic E-state index is 12.9. The minimum absolute atomic E-state index is 0.108. The van der Waals surface area contributed by atoms with Crippen molar-refractivity contribution < 1.29 is 13.9 Å². The molecule has 4 rings (SSSR count). The molecule has 5 heteroatoms. The zero-order valence-corrected chi connectivity index (χ0v) is 14.8. The van der Waals surface area contributed by atoms with Gasteiger partial charge in [-0.05, 0) is 51.5 Å². The number of rotatable bonds is 3. The average molecular weight is 332 g/mol. The number of furan rings is 1. The summed E-state index contributed by atoms with van der Waals surface area (Å²) in [6.07, 6.45) is 5.01. The third-order valence-corrected chi connectivity index (χ3v) is 5.74. The van der Waals surface area contributed by atoms with E-state index < -0.39 is 0 Å². The van der Waals surface area contributed by atoms with Crippen molar-refractivity contribution in [1.82, 2.24) is 9.80 Å². The van der Waals surface area contributed by atoms with Crippen molar-refractivity contribution in [3.05, 3.63) is 23.2 Å². The van der Waals surface area contributed by atoms with E-state index in [2.05, 4.69) is 4.90 Å². The summed E-state index contributed by atoms with van der Waals surface area (Å²) in [6, 6.07) is 2.34. The quantitative estimate of drug-likeness (QED) is 0.853. The van der Waals surface area contributed by atoms with Crippen LogP contribution >= 0.6 is 0 Å². The van der Waals surface area contributed by atoms with Crippen LogP contribution in [0.3, 0.4) is 0 Å². The fraction of sp³-hybridized carbons (Fsp3) is 0.737. The van der Waals surface area contributed by atoms with E-state index >= 15 is 0 Å². The molecule has 1 aromatic rings. The van der Waals surface area contributed by atoms with E-state index in [0.717, 1.165) is 56.5 Å². The maximum Gasteiger partial charge on any atom is 0.257 e. The molecule has 3 aliphatic rings. The number of nitrogens with zero attached hydrogens (tertiary/aromatic N) is 2. The third kappa shape index (κ3) is 3.24. The topological polar surface area (TPSA) is 45.9 Å². The normalized spacial score (nSPS) is 28.5. The molecule has 0 aromatic carbocycles. The number of morpholine rings is 1. The molecule has 0 spiro atoms. The highest BCUT2D eigenvalue weighted by Gasteiger charge is 2.38. The summed E-state index contributed by atoms with van der Waals surface area (Å²) in [5.41, 5.74) is 0.716. The lowest BCUT2D eigenvalue weighted by atomic mass is 10.0. The first-order chi connectivity index (χ1) is 11.6. The number of ether oxygens (including phenoxy) is 1. The van der Waals surface area contributed by atoms with Crippen LogP contribution in [0.1, 0.15) is 47.6 Å². The van der Waals surface area contributed by atoms with Crippen LogP contribution in [0.15, 0.2) is 10.5 Å². The Morgan fingerprint density at radius 3 is 2.67 bits per heavy atom. The summed E-state index contributed by atoms with van der Waals surface area (Å²) in [7, 11) is 0. The van der Waals surface area contributed by atoms with Gasteiger partial charge in [-0.2, -0.15) is 0 Å². The molecule has 0 bridgehead atoms. The summed E-state index contributed by atoms with van der Waals surface area (Å²) in [4.78, 5) is 17.5. The van der Waals surface area contributed by atoms with Gasteiger partial charge >= 0.3 is 0 Å². The van der Waals surface area contributed by atoms with Crippen molar-refractivity contribution in [2.24, 2.45) is 5.92 Å². The minimum atomic E-state index is 0.108. The molecule has 1 aliphatic carbocycles. The second-order valence-electron chi connectivity index (χ2n) is 7.61. The SMILES string of the molecule is Cc1cc(C(=O)N2CCC3OCCN(CC4CC4)C3CC2)c(C)o1. The van der Waals surface area contributed by atoms with Gasteiger partial charge in [0.2, 0.25) is 0 Å². The summed E-state index contributed by atoms with van der Waals surface area (Å²) < 4.78 is 11.6. The molecule has 1 aromatic heterocycles. The Labute approximate surface area is 143 Å². The molecular formula is C19H28N2O3. The van der Waals surface area contributed by atoms with Crippen LogP contribution < -0.4 is 0 Å². The van der Waals surface area contributed by atoms with Gasteiger partial charge in [-0.25, -0.2) is 0 Å². The van der Waals surface area contributed by atoms with E-state index in [1.165, 1.54) is 19.4 Å². The average Bonchev–Trinajstić information content (AvgIpc) is 3.33. The van der Waals surface area contributed by atoms with Gasteiger partial charge in [0.1, 0.15) is 11.5 Å². The van der Waals surface area contributed by atoms with E-state index in [-0.39, 0.29) is 12.0 Å². The molecule has 5 nitrogen and oxygen atoms in total. The monoisotopic (exact) mass is 332 g/mol. The number of carbonyl (C=O) groups excluding carboxylic acids is 1. The van der Waals surface area contributed by atoms with Gasteiger partial charge in [-0.1, -0.05) is 0 Å². The second-order valence-corrected chi connectivity index (χ2v) is 7.61. The Balaban J connectivity index is 1.45. The fourth-order valence-corrected chi connectivity index (χ4v) is 4.24. The number of likely N-dealkylation sites (tertiary alicyclic amines) is 1. The Kier molecular flexibility index (Phi) is 4.39. The molecule has 132 valence electrons. The van der Waals surface area contributed by atoms with Crippen molar-refractivity contribution in [3.8, 4) is 0 Å². The van der Waals surface area contributed by atoms with Crippen LogP contribution in [0.5, 0.6) is 0 Å². The second kappa shape index (κ2) is 6.52. The Bertz CT molecular complexity index is 608. The largest absolute Gasteiger partial charge is 0.466 e. The van der Waals surface area contributed by atoms with E-state index in [1.807, 2.05) is 24.8 Å². The molecule has 24 heavy (non-hydrogen) atoms. The van der Waals surface area contributed by atoms with Crippen molar-refractivity contribution in [2.45, 2.75) is 51.7 Å². The first kappa shape index (κ1) is 16.2. The van der Waals surface area contributed by atoms with Crippen molar-refractivity contribution in [1.29, 1.82) is 0 Å². The standard InChI is InChI=1S/C19H28N2O3/c1-13-11-16(14(2)24-13)19(22)20-7-5-17-18(6-8-20)23-10-9-21(17)12-15-3-4-15/h11,15,17-18H,3-10,12H2,1-2H3. The number of fused-ring (bicyclic) bond motifs is 1. The molecule has 3 fully saturated rings. The lowest BCUT2D eigenvalue weighted by molar-refractivity contribution is -0.0727. The van der Waals surface area contributed by atoms with E-state index in [0.29, 0.717) is 11.6 Å². The third-order valence-electron chi connectivity index (χ3n) is 5.74. The van der Waals surface area contributed by atoms with Gasteiger partial charge in [-0.15, -0.1) is 0 Å². The van der Waals surface area contributed by atoms with Crippen LogP contribution in [-0.2, 0) is 4.74 Å². The highest BCUT2D eigenvalue weighted by atomic mass is 16.5. The zero-order valence-electron chi connectivity index (χ0n) is 14.8. The molecular weight excluding hydrogens is 304 g/mol. The van der Waals surface area contributed by atoms with Gasteiger partial charge in [-0.3, -0.25) is 9.69 Å². The van der Waals surface area contributed by atoms with Crippen LogP contribution in [-0.4, -0.2) is 60.6 Å². The van der Waals surface area contributed by atoms with Crippen LogP contribution in [0.4, 0.5) is 0 Å². The first-order valence-corrected chi connectivity index (χ1v) is 9.34. The molecule has 0 N–H and O–H groups in total. The van der Waals surface area contributed by atoms with Gasteiger partial charge in [0, 0.05) is 32.2 Å². The number of amides is 1. The maximum absolute atomic E-state index is 12.9. The van der Waals surface area contributed by atoms with Gasteiger partial charge in [0.25, 0.3) is 5.91 Å². The highest BCUT2D eigenvalue weighted by Crippen LogP contribution is 2.33. The molecule has 1 saturated carbocycles. The van der Waals surface area contributed by atoms with Crippen molar-refractivity contribution in [2.75, 3.05) is 32.8 Å². The Morgan fingerprint density at radius 2 is 1.96 bits per heavy atom. The fourth-order valence-electron chi connectivity index (χ4n) is 4.24. The smallest absolute Gasteiger partial charge is 0.257 e. The summed E-state index contributed by atoms with van der Waals surface area (Å²) in [5.74, 6) is 2.54. The lowest BCUT2D eigenvalue weighted by Crippen LogP contribution is -2.51. The van der Waals surface area contributed by atoms with Crippen LogP contribution in [0.2, 0.25) is 0 Å². The molecule has 2 unspecified atom stereocenters. The molecule has 0 radical (unpaired) electrons. The van der Waals surface area contributed by atoms with Gasteiger partial charge in [0.15, 0.2) is 0 Å². The molecule has 1 amide bonds. The summed E-state index contributed by atoms with van der Waals surface area (Å²) in [6.45, 7) is 8.46. The molecule has 2 atom stereocenters. The predicted molar refractivity (Wildman–Crippen MR) is 91.1 cm³/mol. The highest BCUT2D eigenvalue weighted by molar-refractivity contribution is 5.95. The van der Waals surface area contributed by atoms with Crippen LogP contribution in [0, 0.1) is 19.8 Å². The van der Waals surface area contributed by atoms with Crippen molar-refractivity contribution >= 4 is 5.91 Å². The summed E-state index contributed by atoms with van der Waals surface area (Å²) >= 11 is 0.